The summed E-state index contributed by atoms with van der Waals surface area (Å²) in [6.07, 6.45) is 1.77. The first-order valence-electron chi connectivity index (χ1n) is 10.1. The number of carbonyl (C=O) groups excluding carboxylic acids is 2. The Labute approximate surface area is 186 Å². The van der Waals surface area contributed by atoms with E-state index >= 15 is 0 Å². The Balaban J connectivity index is 1.57. The van der Waals surface area contributed by atoms with Crippen molar-refractivity contribution in [3.8, 4) is 11.5 Å². The fourth-order valence-electron chi connectivity index (χ4n) is 3.46. The quantitative estimate of drug-likeness (QED) is 0.269. The molecule has 3 aromatic rings. The summed E-state index contributed by atoms with van der Waals surface area (Å²) in [5, 5.41) is 1.98. The van der Waals surface area contributed by atoms with E-state index in [0.717, 1.165) is 16.0 Å². The molecule has 0 spiro atoms. The summed E-state index contributed by atoms with van der Waals surface area (Å²) in [6.45, 7) is 10.2. The average Bonchev–Trinajstić information content (AvgIpc) is 3.24. The van der Waals surface area contributed by atoms with E-state index in [1.54, 1.807) is 41.7 Å². The summed E-state index contributed by atoms with van der Waals surface area (Å²) in [5.41, 5.74) is 3.93. The van der Waals surface area contributed by atoms with E-state index in [1.807, 2.05) is 37.4 Å². The lowest BCUT2D eigenvalue weighted by Crippen LogP contribution is -2.13. The van der Waals surface area contributed by atoms with Crippen LogP contribution in [0.4, 0.5) is 0 Å². The molecule has 1 aliphatic heterocycles. The van der Waals surface area contributed by atoms with Gasteiger partial charge in [-0.2, -0.15) is 0 Å². The number of fused-ring (bicyclic) bond motifs is 1. The predicted octanol–water partition coefficient (Wildman–Crippen LogP) is 6.50. The standard InChI is InChI=1S/C26H24O4S/c1-15-10-11-31-22(15)14-21-24(27)23-16(2)12-19(13-20(23)30-21)29-25(28)17-6-8-18(9-7-17)26(3,4)5/h6-14H,1-5H3/b21-14-. The van der Waals surface area contributed by atoms with Crippen LogP contribution in [-0.4, -0.2) is 11.8 Å². The summed E-state index contributed by atoms with van der Waals surface area (Å²) in [5.74, 6) is 0.439. The molecule has 4 rings (SSSR count). The second kappa shape index (κ2) is 7.82. The largest absolute Gasteiger partial charge is 0.452 e. The molecular weight excluding hydrogens is 408 g/mol. The van der Waals surface area contributed by atoms with Gasteiger partial charge in [-0.15, -0.1) is 11.3 Å². The maximum absolute atomic E-state index is 12.8. The number of Topliss-reactive ketones (excluding diaryl/α,β-unsaturated/α-hetero) is 1. The van der Waals surface area contributed by atoms with Gasteiger partial charge in [0.05, 0.1) is 11.1 Å². The van der Waals surface area contributed by atoms with Crippen LogP contribution < -0.4 is 9.47 Å². The Morgan fingerprint density at radius 1 is 1.03 bits per heavy atom. The highest BCUT2D eigenvalue weighted by Gasteiger charge is 2.30. The Hall–Kier alpha value is -3.18. The summed E-state index contributed by atoms with van der Waals surface area (Å²) in [7, 11) is 0. The van der Waals surface area contributed by atoms with E-state index in [0.29, 0.717) is 28.2 Å². The molecule has 0 atom stereocenters. The van der Waals surface area contributed by atoms with Crippen LogP contribution in [-0.2, 0) is 5.41 Å². The summed E-state index contributed by atoms with van der Waals surface area (Å²) in [6, 6.07) is 12.7. The Morgan fingerprint density at radius 3 is 2.35 bits per heavy atom. The van der Waals surface area contributed by atoms with Gasteiger partial charge in [0.1, 0.15) is 11.5 Å². The second-order valence-electron chi connectivity index (χ2n) is 8.74. The number of ether oxygens (including phenoxy) is 2. The zero-order chi connectivity index (χ0) is 22.3. The van der Waals surface area contributed by atoms with Crippen molar-refractivity contribution >= 4 is 29.2 Å². The second-order valence-corrected chi connectivity index (χ2v) is 9.69. The van der Waals surface area contributed by atoms with Crippen LogP contribution in [0.2, 0.25) is 0 Å². The monoisotopic (exact) mass is 432 g/mol. The highest BCUT2D eigenvalue weighted by atomic mass is 32.1. The molecule has 4 nitrogen and oxygen atoms in total. The molecule has 5 heteroatoms. The van der Waals surface area contributed by atoms with Crippen molar-refractivity contribution in [3.63, 3.8) is 0 Å². The van der Waals surface area contributed by atoms with Crippen LogP contribution >= 0.6 is 11.3 Å². The van der Waals surface area contributed by atoms with Gasteiger partial charge in [-0.25, -0.2) is 4.79 Å². The van der Waals surface area contributed by atoms with Gasteiger partial charge in [0.15, 0.2) is 5.76 Å². The van der Waals surface area contributed by atoms with Crippen molar-refractivity contribution in [1.29, 1.82) is 0 Å². The Bertz CT molecular complexity index is 1210. The van der Waals surface area contributed by atoms with Crippen LogP contribution in [0.1, 0.15) is 63.1 Å². The molecule has 0 N–H and O–H groups in total. The molecular formula is C26H24O4S. The molecule has 158 valence electrons. The third-order valence-corrected chi connectivity index (χ3v) is 6.27. The molecule has 0 radical (unpaired) electrons. The molecule has 1 aliphatic rings. The topological polar surface area (TPSA) is 52.6 Å². The van der Waals surface area contributed by atoms with Gasteiger partial charge in [0.25, 0.3) is 0 Å². The fourth-order valence-corrected chi connectivity index (χ4v) is 4.31. The molecule has 0 fully saturated rings. The molecule has 0 amide bonds. The van der Waals surface area contributed by atoms with Gasteiger partial charge in [0.2, 0.25) is 5.78 Å². The number of hydrogen-bond acceptors (Lipinski definition) is 5. The third kappa shape index (κ3) is 4.19. The number of hydrogen-bond donors (Lipinski definition) is 0. The third-order valence-electron chi connectivity index (χ3n) is 5.30. The first-order valence-corrected chi connectivity index (χ1v) is 11.0. The highest BCUT2D eigenvalue weighted by molar-refractivity contribution is 7.11. The SMILES string of the molecule is Cc1ccsc1/C=C1\Oc2cc(OC(=O)c3ccc(C(C)(C)C)cc3)cc(C)c2C1=O. The maximum atomic E-state index is 12.8. The Kier molecular flexibility index (Phi) is 5.31. The number of ketones is 1. The van der Waals surface area contributed by atoms with Gasteiger partial charge in [-0.3, -0.25) is 4.79 Å². The van der Waals surface area contributed by atoms with Crippen molar-refractivity contribution in [1.82, 2.24) is 0 Å². The van der Waals surface area contributed by atoms with Crippen molar-refractivity contribution in [2.45, 2.75) is 40.0 Å². The molecule has 0 saturated heterocycles. The molecule has 1 aromatic heterocycles. The molecule has 0 unspecified atom stereocenters. The minimum atomic E-state index is -0.450. The minimum absolute atomic E-state index is 0.0102. The van der Waals surface area contributed by atoms with E-state index in [9.17, 15) is 9.59 Å². The highest BCUT2D eigenvalue weighted by Crippen LogP contribution is 2.38. The van der Waals surface area contributed by atoms with Gasteiger partial charge >= 0.3 is 5.97 Å². The number of thiophene rings is 1. The normalized spacial score (nSPS) is 14.5. The predicted molar refractivity (Wildman–Crippen MR) is 123 cm³/mol. The van der Waals surface area contributed by atoms with Crippen molar-refractivity contribution < 1.29 is 19.1 Å². The Morgan fingerprint density at radius 2 is 1.74 bits per heavy atom. The number of allylic oxidation sites excluding steroid dienone is 1. The van der Waals surface area contributed by atoms with E-state index < -0.39 is 5.97 Å². The molecule has 2 aromatic carbocycles. The number of aryl methyl sites for hydroxylation is 2. The summed E-state index contributed by atoms with van der Waals surface area (Å²) < 4.78 is 11.4. The van der Waals surface area contributed by atoms with Crippen molar-refractivity contribution in [2.24, 2.45) is 0 Å². The molecule has 0 aliphatic carbocycles. The van der Waals surface area contributed by atoms with E-state index in [2.05, 4.69) is 20.8 Å². The van der Waals surface area contributed by atoms with Crippen LogP contribution in [0.15, 0.2) is 53.6 Å². The number of esters is 1. The lowest BCUT2D eigenvalue weighted by Gasteiger charge is -2.18. The van der Waals surface area contributed by atoms with Crippen LogP contribution in [0, 0.1) is 13.8 Å². The lowest BCUT2D eigenvalue weighted by molar-refractivity contribution is 0.0734. The zero-order valence-electron chi connectivity index (χ0n) is 18.2. The van der Waals surface area contributed by atoms with E-state index in [1.165, 1.54) is 0 Å². The van der Waals surface area contributed by atoms with Crippen LogP contribution in [0.5, 0.6) is 11.5 Å². The number of rotatable bonds is 3. The first-order chi connectivity index (χ1) is 14.6. The van der Waals surface area contributed by atoms with Gasteiger partial charge in [0, 0.05) is 17.0 Å². The minimum Gasteiger partial charge on any atom is -0.452 e. The molecule has 31 heavy (non-hydrogen) atoms. The zero-order valence-corrected chi connectivity index (χ0v) is 19.1. The first kappa shape index (κ1) is 21.1. The van der Waals surface area contributed by atoms with Gasteiger partial charge < -0.3 is 9.47 Å². The summed E-state index contributed by atoms with van der Waals surface area (Å²) >= 11 is 1.55. The van der Waals surface area contributed by atoms with Gasteiger partial charge in [-0.1, -0.05) is 32.9 Å². The molecule has 0 saturated carbocycles. The van der Waals surface area contributed by atoms with E-state index in [-0.39, 0.29) is 17.0 Å². The maximum Gasteiger partial charge on any atom is 0.343 e. The van der Waals surface area contributed by atoms with Crippen molar-refractivity contribution in [2.75, 3.05) is 0 Å². The number of carbonyl (C=O) groups is 2. The van der Waals surface area contributed by atoms with Crippen LogP contribution in [0.3, 0.4) is 0 Å². The van der Waals surface area contributed by atoms with Gasteiger partial charge in [-0.05, 0) is 65.6 Å². The molecule has 0 bridgehead atoms. The molecule has 2 heterocycles. The summed E-state index contributed by atoms with van der Waals surface area (Å²) in [4.78, 5) is 26.4. The lowest BCUT2D eigenvalue weighted by atomic mass is 9.87. The van der Waals surface area contributed by atoms with Crippen LogP contribution in [0.25, 0.3) is 6.08 Å². The smallest absolute Gasteiger partial charge is 0.343 e. The van der Waals surface area contributed by atoms with Crippen molar-refractivity contribution in [3.05, 3.63) is 86.3 Å². The average molecular weight is 433 g/mol. The number of benzene rings is 2. The van der Waals surface area contributed by atoms with E-state index in [4.69, 9.17) is 9.47 Å². The fraction of sp³-hybridized carbons (Fsp3) is 0.231.